The zero-order valence-electron chi connectivity index (χ0n) is 13.8. The number of benzene rings is 2. The first-order valence-electron chi connectivity index (χ1n) is 7.74. The Morgan fingerprint density at radius 1 is 1.12 bits per heavy atom. The van der Waals surface area contributed by atoms with Gasteiger partial charge in [-0.15, -0.1) is 0 Å². The molecule has 0 spiro atoms. The second-order valence-electron chi connectivity index (χ2n) is 5.47. The van der Waals surface area contributed by atoms with E-state index in [1.54, 1.807) is 42.5 Å². The van der Waals surface area contributed by atoms with Crippen molar-refractivity contribution in [1.29, 1.82) is 0 Å². The van der Waals surface area contributed by atoms with Crippen LogP contribution >= 0.6 is 0 Å². The molecular weight excluding hydrogens is 320 g/mol. The first-order chi connectivity index (χ1) is 12.0. The fourth-order valence-corrected chi connectivity index (χ4v) is 2.19. The molecule has 0 saturated carbocycles. The molecule has 2 aromatic carbocycles. The molecule has 5 nitrogen and oxygen atoms in total. The highest BCUT2D eigenvalue weighted by Crippen LogP contribution is 2.26. The van der Waals surface area contributed by atoms with Crippen molar-refractivity contribution in [2.45, 2.75) is 12.8 Å². The molecule has 0 aromatic heterocycles. The molecule has 0 aliphatic rings. The number of hydrogen-bond donors (Lipinski definition) is 3. The van der Waals surface area contributed by atoms with Crippen molar-refractivity contribution in [3.05, 3.63) is 71.5 Å². The summed E-state index contributed by atoms with van der Waals surface area (Å²) in [6.45, 7) is 0. The van der Waals surface area contributed by atoms with Crippen LogP contribution in [0.4, 0.5) is 0 Å². The fourth-order valence-electron chi connectivity index (χ4n) is 2.19. The summed E-state index contributed by atoms with van der Waals surface area (Å²) in [5.74, 6) is 0.198. The van der Waals surface area contributed by atoms with E-state index >= 15 is 0 Å². The van der Waals surface area contributed by atoms with Crippen LogP contribution in [0.3, 0.4) is 0 Å². The van der Waals surface area contributed by atoms with Gasteiger partial charge in [0, 0.05) is 12.5 Å². The topological polar surface area (TPSA) is 87.0 Å². The maximum atomic E-state index is 11.9. The lowest BCUT2D eigenvalue weighted by Gasteiger charge is -2.03. The molecule has 0 fully saturated rings. The van der Waals surface area contributed by atoms with Crippen LogP contribution in [0.5, 0.6) is 17.2 Å². The van der Waals surface area contributed by atoms with Crippen LogP contribution in [-0.2, 0) is 11.2 Å². The van der Waals surface area contributed by atoms with E-state index in [1.807, 2.05) is 0 Å². The maximum absolute atomic E-state index is 11.9. The third-order valence-electron chi connectivity index (χ3n) is 3.56. The monoisotopic (exact) mass is 340 g/mol. The van der Waals surface area contributed by atoms with Gasteiger partial charge in [-0.2, -0.15) is 0 Å². The van der Waals surface area contributed by atoms with Crippen molar-refractivity contribution in [3.63, 3.8) is 0 Å². The van der Waals surface area contributed by atoms with Crippen LogP contribution in [0.15, 0.2) is 60.4 Å². The van der Waals surface area contributed by atoms with E-state index in [1.165, 1.54) is 25.3 Å². The highest BCUT2D eigenvalue weighted by molar-refractivity contribution is 5.90. The summed E-state index contributed by atoms with van der Waals surface area (Å²) in [5, 5.41) is 28.6. The van der Waals surface area contributed by atoms with E-state index in [-0.39, 0.29) is 29.5 Å². The molecule has 0 saturated heterocycles. The van der Waals surface area contributed by atoms with Gasteiger partial charge in [-0.3, -0.25) is 4.79 Å². The average Bonchev–Trinajstić information content (AvgIpc) is 2.60. The van der Waals surface area contributed by atoms with Crippen molar-refractivity contribution < 1.29 is 24.9 Å². The molecule has 0 aliphatic heterocycles. The van der Waals surface area contributed by atoms with Gasteiger partial charge in [-0.1, -0.05) is 24.3 Å². The van der Waals surface area contributed by atoms with Crippen LogP contribution in [0.25, 0.3) is 6.08 Å². The van der Waals surface area contributed by atoms with Crippen LogP contribution in [0, 0.1) is 0 Å². The van der Waals surface area contributed by atoms with E-state index in [2.05, 4.69) is 0 Å². The molecule has 3 N–H and O–H groups in total. The fraction of sp³-hybridized carbons (Fsp3) is 0.150. The first kappa shape index (κ1) is 18.1. The number of phenolic OH excluding ortho intramolecular Hbond substituents is 2. The molecule has 0 aliphatic carbocycles. The van der Waals surface area contributed by atoms with Crippen molar-refractivity contribution in [1.82, 2.24) is 0 Å². The number of aryl methyl sites for hydroxylation is 1. The summed E-state index contributed by atoms with van der Waals surface area (Å²) in [6, 6.07) is 11.4. The van der Waals surface area contributed by atoms with Gasteiger partial charge in [0.05, 0.1) is 7.11 Å². The van der Waals surface area contributed by atoms with E-state index in [0.717, 1.165) is 5.56 Å². The zero-order valence-corrected chi connectivity index (χ0v) is 13.8. The molecular formula is C20H20O5. The lowest BCUT2D eigenvalue weighted by molar-refractivity contribution is -0.114. The van der Waals surface area contributed by atoms with Crippen LogP contribution in [0.2, 0.25) is 0 Å². The van der Waals surface area contributed by atoms with Gasteiger partial charge in [0.2, 0.25) is 0 Å². The molecule has 0 amide bonds. The van der Waals surface area contributed by atoms with Crippen molar-refractivity contribution in [2.75, 3.05) is 7.11 Å². The molecule has 2 rings (SSSR count). The number of aliphatic hydroxyl groups is 1. The van der Waals surface area contributed by atoms with Gasteiger partial charge in [-0.25, -0.2) is 0 Å². The summed E-state index contributed by atoms with van der Waals surface area (Å²) in [4.78, 5) is 11.9. The number of methoxy groups -OCH3 is 1. The van der Waals surface area contributed by atoms with E-state index in [0.29, 0.717) is 17.7 Å². The summed E-state index contributed by atoms with van der Waals surface area (Å²) in [5.41, 5.74) is 1.65. The number of hydrogen-bond acceptors (Lipinski definition) is 5. The third-order valence-corrected chi connectivity index (χ3v) is 3.56. The second kappa shape index (κ2) is 8.59. The minimum atomic E-state index is -0.196. The highest BCUT2D eigenvalue weighted by Gasteiger charge is 2.03. The third kappa shape index (κ3) is 5.73. The van der Waals surface area contributed by atoms with Gasteiger partial charge in [0.1, 0.15) is 11.5 Å². The van der Waals surface area contributed by atoms with Gasteiger partial charge in [0.25, 0.3) is 0 Å². The normalized spacial score (nSPS) is 11.6. The predicted octanol–water partition coefficient (Wildman–Crippen LogP) is 3.76. The van der Waals surface area contributed by atoms with Crippen molar-refractivity contribution in [2.24, 2.45) is 0 Å². The number of allylic oxidation sites excluding steroid dienone is 2. The molecule has 0 unspecified atom stereocenters. The Kier molecular flexibility index (Phi) is 6.23. The highest BCUT2D eigenvalue weighted by atomic mass is 16.5. The lowest BCUT2D eigenvalue weighted by atomic mass is 10.1. The largest absolute Gasteiger partial charge is 0.508 e. The standard InChI is InChI=1S/C20H20O5/c1-25-20-12-15(6-11-19(20)24)5-10-18(23)13-17(22)9-4-14-2-7-16(21)8-3-14/h2-3,5-8,10-13,21,23-24H,4,9H2,1H3. The minimum absolute atomic E-state index is 0.0313. The average molecular weight is 340 g/mol. The quantitative estimate of drug-likeness (QED) is 0.406. The van der Waals surface area contributed by atoms with Crippen LogP contribution in [0.1, 0.15) is 17.5 Å². The SMILES string of the molecule is COc1cc(C=CC(O)=CC(=O)CCc2ccc(O)cc2)ccc1O. The first-order valence-corrected chi connectivity index (χ1v) is 7.74. The number of carbonyl (C=O) groups is 1. The van der Waals surface area contributed by atoms with Crippen molar-refractivity contribution >= 4 is 11.9 Å². The summed E-state index contributed by atoms with van der Waals surface area (Å²) >= 11 is 0. The molecule has 0 bridgehead atoms. The summed E-state index contributed by atoms with van der Waals surface area (Å²) < 4.78 is 5.01. The number of rotatable bonds is 7. The molecule has 130 valence electrons. The smallest absolute Gasteiger partial charge is 0.161 e. The predicted molar refractivity (Wildman–Crippen MR) is 95.8 cm³/mol. The number of aliphatic hydroxyl groups excluding tert-OH is 1. The lowest BCUT2D eigenvalue weighted by Crippen LogP contribution is -1.97. The Morgan fingerprint density at radius 3 is 2.52 bits per heavy atom. The molecule has 0 heterocycles. The van der Waals surface area contributed by atoms with Gasteiger partial charge < -0.3 is 20.1 Å². The van der Waals surface area contributed by atoms with Gasteiger partial charge in [0.15, 0.2) is 17.3 Å². The molecule has 5 heteroatoms. The Labute approximate surface area is 146 Å². The van der Waals surface area contributed by atoms with Crippen LogP contribution in [-0.4, -0.2) is 28.2 Å². The second-order valence-corrected chi connectivity index (χ2v) is 5.47. The number of ketones is 1. The maximum Gasteiger partial charge on any atom is 0.161 e. The number of carbonyl (C=O) groups excluding carboxylic acids is 1. The van der Waals surface area contributed by atoms with Crippen molar-refractivity contribution in [3.8, 4) is 17.2 Å². The number of aromatic hydroxyl groups is 2. The Morgan fingerprint density at radius 2 is 1.84 bits per heavy atom. The molecule has 0 atom stereocenters. The summed E-state index contributed by atoms with van der Waals surface area (Å²) in [7, 11) is 1.45. The number of ether oxygens (including phenoxy) is 1. The Bertz CT molecular complexity index is 788. The van der Waals surface area contributed by atoms with Gasteiger partial charge in [-0.05, 0) is 47.9 Å². The molecule has 0 radical (unpaired) electrons. The summed E-state index contributed by atoms with van der Waals surface area (Å²) in [6.07, 6.45) is 4.98. The van der Waals surface area contributed by atoms with E-state index in [9.17, 15) is 20.1 Å². The molecule has 2 aromatic rings. The van der Waals surface area contributed by atoms with E-state index < -0.39 is 0 Å². The number of phenols is 2. The van der Waals surface area contributed by atoms with Crippen LogP contribution < -0.4 is 4.74 Å². The molecule has 25 heavy (non-hydrogen) atoms. The van der Waals surface area contributed by atoms with Gasteiger partial charge >= 0.3 is 0 Å². The Balaban J connectivity index is 1.93. The Hall–Kier alpha value is -3.21. The minimum Gasteiger partial charge on any atom is -0.508 e. The zero-order chi connectivity index (χ0) is 18.2. The van der Waals surface area contributed by atoms with E-state index in [4.69, 9.17) is 4.74 Å².